The van der Waals surface area contributed by atoms with Gasteiger partial charge in [-0.1, -0.05) is 20.8 Å². The van der Waals surface area contributed by atoms with E-state index in [-0.39, 0.29) is 16.9 Å². The van der Waals surface area contributed by atoms with Crippen LogP contribution in [-0.2, 0) is 0 Å². The molecule has 0 radical (unpaired) electrons. The second kappa shape index (κ2) is 4.29. The Morgan fingerprint density at radius 1 is 1.38 bits per heavy atom. The van der Waals surface area contributed by atoms with Crippen molar-refractivity contribution < 1.29 is 14.2 Å². The van der Waals surface area contributed by atoms with E-state index in [1.165, 1.54) is 13.2 Å². The SMILES string of the molecule is COc1cc(F)cc([C@@H](N)C(C)(C)C)c1O. The lowest BCUT2D eigenvalue weighted by Gasteiger charge is -2.28. The molecule has 1 aromatic rings. The highest BCUT2D eigenvalue weighted by atomic mass is 19.1. The number of benzene rings is 1. The van der Waals surface area contributed by atoms with E-state index in [2.05, 4.69) is 0 Å². The molecule has 0 fully saturated rings. The van der Waals surface area contributed by atoms with E-state index in [4.69, 9.17) is 10.5 Å². The molecule has 1 aromatic carbocycles. The van der Waals surface area contributed by atoms with E-state index in [0.29, 0.717) is 5.56 Å². The van der Waals surface area contributed by atoms with Gasteiger partial charge in [-0.2, -0.15) is 0 Å². The summed E-state index contributed by atoms with van der Waals surface area (Å²) in [5.41, 5.74) is 6.08. The number of methoxy groups -OCH3 is 1. The van der Waals surface area contributed by atoms with Crippen LogP contribution in [0.5, 0.6) is 11.5 Å². The van der Waals surface area contributed by atoms with Crippen molar-refractivity contribution in [3.8, 4) is 11.5 Å². The van der Waals surface area contributed by atoms with E-state index >= 15 is 0 Å². The average molecular weight is 227 g/mol. The minimum absolute atomic E-state index is 0.0914. The molecule has 0 amide bonds. The first-order valence-electron chi connectivity index (χ1n) is 5.09. The van der Waals surface area contributed by atoms with Crippen molar-refractivity contribution in [2.24, 2.45) is 11.1 Å². The summed E-state index contributed by atoms with van der Waals surface area (Å²) in [7, 11) is 1.38. The number of hydrogen-bond acceptors (Lipinski definition) is 3. The van der Waals surface area contributed by atoms with Crippen LogP contribution in [0.3, 0.4) is 0 Å². The lowest BCUT2D eigenvalue weighted by Crippen LogP contribution is -2.26. The van der Waals surface area contributed by atoms with Crippen LogP contribution < -0.4 is 10.5 Å². The van der Waals surface area contributed by atoms with Gasteiger partial charge in [0.05, 0.1) is 7.11 Å². The number of halogens is 1. The Bertz CT molecular complexity index is 385. The van der Waals surface area contributed by atoms with Crippen molar-refractivity contribution in [3.05, 3.63) is 23.5 Å². The molecule has 4 heteroatoms. The predicted octanol–water partition coefficient (Wildman–Crippen LogP) is 2.59. The van der Waals surface area contributed by atoms with Crippen molar-refractivity contribution in [3.63, 3.8) is 0 Å². The van der Waals surface area contributed by atoms with Gasteiger partial charge in [-0.25, -0.2) is 4.39 Å². The smallest absolute Gasteiger partial charge is 0.163 e. The summed E-state index contributed by atoms with van der Waals surface area (Å²) in [5, 5.41) is 9.88. The highest BCUT2D eigenvalue weighted by Crippen LogP contribution is 2.40. The Kier molecular flexibility index (Phi) is 3.43. The molecule has 3 N–H and O–H groups in total. The van der Waals surface area contributed by atoms with Gasteiger partial charge in [0, 0.05) is 17.7 Å². The van der Waals surface area contributed by atoms with Crippen molar-refractivity contribution in [1.82, 2.24) is 0 Å². The third kappa shape index (κ3) is 2.44. The van der Waals surface area contributed by atoms with Gasteiger partial charge in [0.2, 0.25) is 0 Å². The lowest BCUT2D eigenvalue weighted by molar-refractivity contribution is 0.309. The van der Waals surface area contributed by atoms with Gasteiger partial charge in [-0.15, -0.1) is 0 Å². The van der Waals surface area contributed by atoms with Gasteiger partial charge in [-0.3, -0.25) is 0 Å². The van der Waals surface area contributed by atoms with Gasteiger partial charge >= 0.3 is 0 Å². The summed E-state index contributed by atoms with van der Waals surface area (Å²) in [5.74, 6) is -0.453. The molecule has 0 heterocycles. The number of rotatable bonds is 2. The van der Waals surface area contributed by atoms with Gasteiger partial charge in [0.25, 0.3) is 0 Å². The third-order valence-electron chi connectivity index (χ3n) is 2.56. The van der Waals surface area contributed by atoms with Gasteiger partial charge in [-0.05, 0) is 11.5 Å². The van der Waals surface area contributed by atoms with Crippen LogP contribution in [0.4, 0.5) is 4.39 Å². The second-order valence-electron chi connectivity index (χ2n) is 4.89. The summed E-state index contributed by atoms with van der Waals surface area (Å²) >= 11 is 0. The van der Waals surface area contributed by atoms with Crippen LogP contribution in [0.15, 0.2) is 12.1 Å². The van der Waals surface area contributed by atoms with E-state index in [1.54, 1.807) is 0 Å². The molecule has 0 bridgehead atoms. The van der Waals surface area contributed by atoms with E-state index in [9.17, 15) is 9.50 Å². The molecule has 3 nitrogen and oxygen atoms in total. The number of phenolic OH excluding ortho intramolecular Hbond substituents is 1. The largest absolute Gasteiger partial charge is 0.504 e. The molecular formula is C12H18FNO2. The molecule has 0 aliphatic rings. The van der Waals surface area contributed by atoms with E-state index in [0.717, 1.165) is 6.07 Å². The fourth-order valence-corrected chi connectivity index (χ4v) is 1.45. The number of hydrogen-bond donors (Lipinski definition) is 2. The summed E-state index contributed by atoms with van der Waals surface area (Å²) in [6.07, 6.45) is 0. The Hall–Kier alpha value is -1.29. The third-order valence-corrected chi connectivity index (χ3v) is 2.56. The monoisotopic (exact) mass is 227 g/mol. The molecule has 0 spiro atoms. The summed E-state index contributed by atoms with van der Waals surface area (Å²) < 4.78 is 18.2. The molecule has 0 saturated carbocycles. The van der Waals surface area contributed by atoms with Crippen molar-refractivity contribution in [2.45, 2.75) is 26.8 Å². The quantitative estimate of drug-likeness (QED) is 0.816. The molecule has 0 aromatic heterocycles. The van der Waals surface area contributed by atoms with E-state index < -0.39 is 11.9 Å². The zero-order valence-corrected chi connectivity index (χ0v) is 10.0. The fraction of sp³-hybridized carbons (Fsp3) is 0.500. The highest BCUT2D eigenvalue weighted by molar-refractivity contribution is 5.47. The first-order valence-corrected chi connectivity index (χ1v) is 5.09. The topological polar surface area (TPSA) is 55.5 Å². The van der Waals surface area contributed by atoms with Crippen LogP contribution in [0.25, 0.3) is 0 Å². The summed E-state index contributed by atoms with van der Waals surface area (Å²) in [6.45, 7) is 5.78. The molecule has 0 aliphatic carbocycles. The van der Waals surface area contributed by atoms with Crippen LogP contribution in [0.2, 0.25) is 0 Å². The second-order valence-corrected chi connectivity index (χ2v) is 4.89. The Balaban J connectivity index is 3.28. The van der Waals surface area contributed by atoms with Crippen LogP contribution in [0, 0.1) is 11.2 Å². The Morgan fingerprint density at radius 3 is 2.38 bits per heavy atom. The van der Waals surface area contributed by atoms with Gasteiger partial charge in [0.1, 0.15) is 5.82 Å². The Labute approximate surface area is 95.0 Å². The zero-order valence-electron chi connectivity index (χ0n) is 10.0. The first-order chi connectivity index (χ1) is 7.27. The first kappa shape index (κ1) is 12.8. The number of nitrogens with two attached hydrogens (primary N) is 1. The van der Waals surface area contributed by atoms with Crippen LogP contribution in [0.1, 0.15) is 32.4 Å². The molecule has 0 aliphatic heterocycles. The highest BCUT2D eigenvalue weighted by Gasteiger charge is 2.26. The molecule has 0 unspecified atom stereocenters. The molecule has 0 saturated heterocycles. The average Bonchev–Trinajstić information content (AvgIpc) is 2.18. The maximum absolute atomic E-state index is 13.3. The number of phenols is 1. The molecule has 1 rings (SSSR count). The van der Waals surface area contributed by atoms with E-state index in [1.807, 2.05) is 20.8 Å². The van der Waals surface area contributed by atoms with Crippen molar-refractivity contribution >= 4 is 0 Å². The maximum atomic E-state index is 13.3. The molecule has 1 atom stereocenters. The normalized spacial score (nSPS) is 13.6. The van der Waals surface area contributed by atoms with Gasteiger partial charge < -0.3 is 15.6 Å². The van der Waals surface area contributed by atoms with Crippen molar-refractivity contribution in [1.29, 1.82) is 0 Å². The molecule has 90 valence electrons. The Morgan fingerprint density at radius 2 is 1.94 bits per heavy atom. The summed E-state index contributed by atoms with van der Waals surface area (Å²) in [4.78, 5) is 0. The maximum Gasteiger partial charge on any atom is 0.163 e. The van der Waals surface area contributed by atoms with Crippen LogP contribution >= 0.6 is 0 Å². The number of aromatic hydroxyl groups is 1. The lowest BCUT2D eigenvalue weighted by atomic mass is 9.82. The summed E-state index contributed by atoms with van der Waals surface area (Å²) in [6, 6.07) is 1.92. The number of ether oxygens (including phenoxy) is 1. The van der Waals surface area contributed by atoms with Crippen LogP contribution in [-0.4, -0.2) is 12.2 Å². The minimum Gasteiger partial charge on any atom is -0.504 e. The zero-order chi connectivity index (χ0) is 12.5. The molecular weight excluding hydrogens is 209 g/mol. The standard InChI is InChI=1S/C12H18FNO2/c1-12(2,3)11(14)8-5-7(13)6-9(16-4)10(8)15/h5-6,11,15H,14H2,1-4H3/t11-/m1/s1. The fourth-order valence-electron chi connectivity index (χ4n) is 1.45. The predicted molar refractivity (Wildman–Crippen MR) is 61.0 cm³/mol. The minimum atomic E-state index is -0.468. The van der Waals surface area contributed by atoms with Crippen molar-refractivity contribution in [2.75, 3.05) is 7.11 Å². The molecule has 16 heavy (non-hydrogen) atoms. The van der Waals surface area contributed by atoms with Gasteiger partial charge in [0.15, 0.2) is 11.5 Å².